The number of benzene rings is 1. The molecule has 3 N–H and O–H groups in total. The van der Waals surface area contributed by atoms with Crippen LogP contribution in [0.4, 0.5) is 13.2 Å². The zero-order valence-corrected chi connectivity index (χ0v) is 8.59. The molecule has 1 heterocycles. The van der Waals surface area contributed by atoms with Crippen molar-refractivity contribution in [3.05, 3.63) is 35.4 Å². The molecule has 5 heteroatoms. The molecule has 0 aliphatic carbocycles. The highest BCUT2D eigenvalue weighted by Crippen LogP contribution is 2.30. The van der Waals surface area contributed by atoms with Crippen LogP contribution >= 0.6 is 0 Å². The normalized spacial score (nSPS) is 26.0. The first-order valence-corrected chi connectivity index (χ1v) is 5.12. The van der Waals surface area contributed by atoms with Gasteiger partial charge >= 0.3 is 6.18 Å². The summed E-state index contributed by atoms with van der Waals surface area (Å²) < 4.78 is 37.0. The van der Waals surface area contributed by atoms with Gasteiger partial charge in [-0.25, -0.2) is 0 Å². The Morgan fingerprint density at radius 2 is 1.75 bits per heavy atom. The van der Waals surface area contributed by atoms with Gasteiger partial charge in [0.15, 0.2) is 0 Å². The SMILES string of the molecule is NC1CNCC1c1ccc(C(F)(F)F)cc1. The molecule has 0 radical (unpaired) electrons. The van der Waals surface area contributed by atoms with E-state index in [2.05, 4.69) is 5.32 Å². The minimum atomic E-state index is -4.27. The monoisotopic (exact) mass is 230 g/mol. The van der Waals surface area contributed by atoms with Crippen molar-refractivity contribution in [1.82, 2.24) is 5.32 Å². The molecule has 88 valence electrons. The summed E-state index contributed by atoms with van der Waals surface area (Å²) in [5.41, 5.74) is 6.10. The maximum atomic E-state index is 12.3. The molecule has 1 aliphatic rings. The van der Waals surface area contributed by atoms with E-state index in [1.165, 1.54) is 12.1 Å². The third-order valence-corrected chi connectivity index (χ3v) is 2.93. The summed E-state index contributed by atoms with van der Waals surface area (Å²) in [5.74, 6) is 0.113. The Labute approximate surface area is 91.6 Å². The second-order valence-corrected chi connectivity index (χ2v) is 4.05. The lowest BCUT2D eigenvalue weighted by Crippen LogP contribution is -2.27. The molecule has 2 nitrogen and oxygen atoms in total. The minimum Gasteiger partial charge on any atom is -0.326 e. The second kappa shape index (κ2) is 4.07. The van der Waals surface area contributed by atoms with E-state index in [0.717, 1.165) is 24.2 Å². The van der Waals surface area contributed by atoms with E-state index in [0.29, 0.717) is 6.54 Å². The van der Waals surface area contributed by atoms with Crippen LogP contribution in [0.3, 0.4) is 0 Å². The molecule has 1 aliphatic heterocycles. The van der Waals surface area contributed by atoms with Crippen molar-refractivity contribution in [1.29, 1.82) is 0 Å². The van der Waals surface area contributed by atoms with Crippen molar-refractivity contribution in [3.63, 3.8) is 0 Å². The van der Waals surface area contributed by atoms with Gasteiger partial charge in [0.05, 0.1) is 5.56 Å². The molecule has 2 rings (SSSR count). The average molecular weight is 230 g/mol. The van der Waals surface area contributed by atoms with Crippen LogP contribution < -0.4 is 11.1 Å². The lowest BCUT2D eigenvalue weighted by Gasteiger charge is -2.15. The predicted octanol–water partition coefficient (Wildman–Crippen LogP) is 1.72. The highest BCUT2D eigenvalue weighted by Gasteiger charge is 2.31. The summed E-state index contributed by atoms with van der Waals surface area (Å²) in [6, 6.07) is 5.23. The van der Waals surface area contributed by atoms with E-state index < -0.39 is 11.7 Å². The number of halogens is 3. The lowest BCUT2D eigenvalue weighted by molar-refractivity contribution is -0.137. The van der Waals surface area contributed by atoms with E-state index in [1.54, 1.807) is 0 Å². The zero-order chi connectivity index (χ0) is 11.8. The van der Waals surface area contributed by atoms with Crippen molar-refractivity contribution in [2.75, 3.05) is 13.1 Å². The summed E-state index contributed by atoms with van der Waals surface area (Å²) in [5, 5.41) is 3.12. The van der Waals surface area contributed by atoms with Crippen molar-refractivity contribution >= 4 is 0 Å². The van der Waals surface area contributed by atoms with Gasteiger partial charge in [-0.3, -0.25) is 0 Å². The summed E-state index contributed by atoms with van der Waals surface area (Å²) in [7, 11) is 0. The molecule has 1 fully saturated rings. The third kappa shape index (κ3) is 2.20. The van der Waals surface area contributed by atoms with Gasteiger partial charge in [0.2, 0.25) is 0 Å². The smallest absolute Gasteiger partial charge is 0.326 e. The molecular formula is C11H13F3N2. The summed E-state index contributed by atoms with van der Waals surface area (Å²) in [4.78, 5) is 0. The van der Waals surface area contributed by atoms with Crippen LogP contribution in [-0.2, 0) is 6.18 Å². The van der Waals surface area contributed by atoms with Crippen molar-refractivity contribution in [3.8, 4) is 0 Å². The molecule has 0 amide bonds. The van der Waals surface area contributed by atoms with Gasteiger partial charge in [-0.1, -0.05) is 12.1 Å². The second-order valence-electron chi connectivity index (χ2n) is 4.05. The van der Waals surface area contributed by atoms with Crippen LogP contribution in [0.5, 0.6) is 0 Å². The van der Waals surface area contributed by atoms with E-state index in [4.69, 9.17) is 5.73 Å². The fourth-order valence-electron chi connectivity index (χ4n) is 1.98. The minimum absolute atomic E-state index is 0.0169. The topological polar surface area (TPSA) is 38.0 Å². The van der Waals surface area contributed by atoms with Crippen LogP contribution in [0.25, 0.3) is 0 Å². The van der Waals surface area contributed by atoms with Crippen molar-refractivity contribution in [2.24, 2.45) is 5.73 Å². The number of nitrogens with one attached hydrogen (secondary N) is 1. The average Bonchev–Trinajstić information content (AvgIpc) is 2.63. The first-order chi connectivity index (χ1) is 7.48. The Morgan fingerprint density at radius 3 is 2.19 bits per heavy atom. The van der Waals surface area contributed by atoms with Gasteiger partial charge in [-0.05, 0) is 17.7 Å². The Bertz CT molecular complexity index is 358. The molecule has 2 atom stereocenters. The van der Waals surface area contributed by atoms with Crippen molar-refractivity contribution < 1.29 is 13.2 Å². The molecule has 0 aromatic heterocycles. The van der Waals surface area contributed by atoms with Crippen molar-refractivity contribution in [2.45, 2.75) is 18.1 Å². The van der Waals surface area contributed by atoms with E-state index in [9.17, 15) is 13.2 Å². The first-order valence-electron chi connectivity index (χ1n) is 5.12. The van der Waals surface area contributed by atoms with Crippen LogP contribution in [0.1, 0.15) is 17.0 Å². The largest absolute Gasteiger partial charge is 0.416 e. The van der Waals surface area contributed by atoms with Gasteiger partial charge in [-0.15, -0.1) is 0 Å². The van der Waals surface area contributed by atoms with Gasteiger partial charge < -0.3 is 11.1 Å². The van der Waals surface area contributed by atoms with Crippen LogP contribution in [0.15, 0.2) is 24.3 Å². The molecule has 0 saturated carbocycles. The number of alkyl halides is 3. The van der Waals surface area contributed by atoms with E-state index in [-0.39, 0.29) is 12.0 Å². The van der Waals surface area contributed by atoms with Crippen LogP contribution in [-0.4, -0.2) is 19.1 Å². The number of hydrogen-bond donors (Lipinski definition) is 2. The number of nitrogens with two attached hydrogens (primary N) is 1. The molecular weight excluding hydrogens is 217 g/mol. The maximum Gasteiger partial charge on any atom is 0.416 e. The van der Waals surface area contributed by atoms with Gasteiger partial charge in [-0.2, -0.15) is 13.2 Å². The Balaban J connectivity index is 2.19. The Hall–Kier alpha value is -1.07. The fourth-order valence-corrected chi connectivity index (χ4v) is 1.98. The molecule has 0 spiro atoms. The highest BCUT2D eigenvalue weighted by atomic mass is 19.4. The van der Waals surface area contributed by atoms with Gasteiger partial charge in [0.25, 0.3) is 0 Å². The molecule has 1 aromatic rings. The summed E-state index contributed by atoms with van der Waals surface area (Å²) in [6.07, 6.45) is -4.27. The van der Waals surface area contributed by atoms with Crippen LogP contribution in [0.2, 0.25) is 0 Å². The molecule has 1 aromatic carbocycles. The maximum absolute atomic E-state index is 12.3. The summed E-state index contributed by atoms with van der Waals surface area (Å²) in [6.45, 7) is 1.44. The molecule has 16 heavy (non-hydrogen) atoms. The van der Waals surface area contributed by atoms with Gasteiger partial charge in [0, 0.05) is 25.0 Å². The lowest BCUT2D eigenvalue weighted by atomic mass is 9.94. The van der Waals surface area contributed by atoms with E-state index in [1.807, 2.05) is 0 Å². The molecule has 1 saturated heterocycles. The number of rotatable bonds is 1. The first kappa shape index (κ1) is 11.4. The Morgan fingerprint density at radius 1 is 1.12 bits per heavy atom. The zero-order valence-electron chi connectivity index (χ0n) is 8.59. The van der Waals surface area contributed by atoms with E-state index >= 15 is 0 Å². The van der Waals surface area contributed by atoms with Crippen LogP contribution in [0, 0.1) is 0 Å². The highest BCUT2D eigenvalue weighted by molar-refractivity contribution is 5.29. The van der Waals surface area contributed by atoms with Gasteiger partial charge in [0.1, 0.15) is 0 Å². The third-order valence-electron chi connectivity index (χ3n) is 2.93. The molecule has 2 unspecified atom stereocenters. The Kier molecular flexibility index (Phi) is 2.90. The molecule has 0 bridgehead atoms. The summed E-state index contributed by atoms with van der Waals surface area (Å²) >= 11 is 0. The number of hydrogen-bond acceptors (Lipinski definition) is 2. The standard InChI is InChI=1S/C11H13F3N2/c12-11(13,14)8-3-1-7(2-4-8)9-5-16-6-10(9)15/h1-4,9-10,16H,5-6,15H2. The fraction of sp³-hybridized carbons (Fsp3) is 0.455. The predicted molar refractivity (Wildman–Crippen MR) is 55.0 cm³/mol. The quantitative estimate of drug-likeness (QED) is 0.771.